The number of alkyl halides is 5. The van der Waals surface area contributed by atoms with Crippen LogP contribution in [-0.4, -0.2) is 46.9 Å². The van der Waals surface area contributed by atoms with Crippen molar-refractivity contribution in [3.8, 4) is 0 Å². The van der Waals surface area contributed by atoms with Crippen LogP contribution in [0.1, 0.15) is 12.8 Å². The number of nitrogens with one attached hydrogen (secondary N) is 1. The summed E-state index contributed by atoms with van der Waals surface area (Å²) in [5.41, 5.74) is 0. The van der Waals surface area contributed by atoms with Gasteiger partial charge in [-0.2, -0.15) is 13.2 Å². The van der Waals surface area contributed by atoms with E-state index in [4.69, 9.17) is 23.2 Å². The molecule has 0 spiro atoms. The zero-order valence-corrected chi connectivity index (χ0v) is 10.6. The molecule has 0 aliphatic carbocycles. The summed E-state index contributed by atoms with van der Waals surface area (Å²) >= 11 is 10.8. The second kappa shape index (κ2) is 5.97. The van der Waals surface area contributed by atoms with E-state index in [0.717, 1.165) is 0 Å². The first-order valence-corrected chi connectivity index (χ1v) is 6.03. The summed E-state index contributed by atoms with van der Waals surface area (Å²) in [4.78, 5) is 22.3. The average Bonchev–Trinajstić information content (AvgIpc) is 2.27. The molecule has 1 aliphatic heterocycles. The van der Waals surface area contributed by atoms with E-state index in [9.17, 15) is 22.8 Å². The van der Waals surface area contributed by atoms with E-state index in [1.165, 1.54) is 4.90 Å². The van der Waals surface area contributed by atoms with E-state index in [1.807, 2.05) is 5.32 Å². The maximum Gasteiger partial charge on any atom is 0.471 e. The van der Waals surface area contributed by atoms with Gasteiger partial charge in [0, 0.05) is 19.1 Å². The van der Waals surface area contributed by atoms with E-state index < -0.39 is 28.9 Å². The Balaban J connectivity index is 2.41. The van der Waals surface area contributed by atoms with Gasteiger partial charge in [0.1, 0.15) is 0 Å². The molecule has 1 fully saturated rings. The Kier molecular flexibility index (Phi) is 5.10. The van der Waals surface area contributed by atoms with Crippen molar-refractivity contribution in [2.75, 3.05) is 13.1 Å². The topological polar surface area (TPSA) is 49.4 Å². The van der Waals surface area contributed by atoms with E-state index >= 15 is 0 Å². The van der Waals surface area contributed by atoms with Crippen LogP contribution in [0.3, 0.4) is 0 Å². The molecule has 0 aromatic heterocycles. The molecule has 104 valence electrons. The number of halogens is 5. The van der Waals surface area contributed by atoms with Gasteiger partial charge >= 0.3 is 12.1 Å². The fourth-order valence-electron chi connectivity index (χ4n) is 1.65. The highest BCUT2D eigenvalue weighted by Crippen LogP contribution is 2.18. The van der Waals surface area contributed by atoms with E-state index in [2.05, 4.69) is 0 Å². The van der Waals surface area contributed by atoms with E-state index in [-0.39, 0.29) is 25.9 Å². The van der Waals surface area contributed by atoms with Crippen molar-refractivity contribution in [1.82, 2.24) is 10.2 Å². The number of hydrogen-bond acceptors (Lipinski definition) is 2. The third-order valence-electron chi connectivity index (χ3n) is 2.59. The summed E-state index contributed by atoms with van der Waals surface area (Å²) in [6.07, 6.45) is -4.40. The van der Waals surface area contributed by atoms with Crippen molar-refractivity contribution in [2.24, 2.45) is 0 Å². The highest BCUT2D eigenvalue weighted by Gasteiger charge is 2.40. The lowest BCUT2D eigenvalue weighted by Crippen LogP contribution is -2.50. The smallest absolute Gasteiger partial charge is 0.345 e. The average molecular weight is 307 g/mol. The highest BCUT2D eigenvalue weighted by molar-refractivity contribution is 6.53. The monoisotopic (exact) mass is 306 g/mol. The molecule has 0 saturated carbocycles. The van der Waals surface area contributed by atoms with E-state index in [0.29, 0.717) is 0 Å². The number of amides is 2. The van der Waals surface area contributed by atoms with Crippen LogP contribution < -0.4 is 5.32 Å². The molecule has 0 aromatic rings. The van der Waals surface area contributed by atoms with Crippen molar-refractivity contribution in [3.63, 3.8) is 0 Å². The predicted octanol–water partition coefficient (Wildman–Crippen LogP) is 1.46. The van der Waals surface area contributed by atoms with Gasteiger partial charge in [-0.05, 0) is 12.8 Å². The van der Waals surface area contributed by atoms with Gasteiger partial charge in [0.25, 0.3) is 5.91 Å². The lowest BCUT2D eigenvalue weighted by atomic mass is 10.1. The molecular formula is C9H11Cl2F3N2O2. The molecule has 9 heteroatoms. The van der Waals surface area contributed by atoms with Crippen LogP contribution in [0.4, 0.5) is 13.2 Å². The molecule has 0 bridgehead atoms. The first-order valence-electron chi connectivity index (χ1n) is 5.16. The number of likely N-dealkylation sites (tertiary alicyclic amines) is 1. The Bertz CT molecular complexity index is 328. The number of carbonyl (C=O) groups is 2. The molecular weight excluding hydrogens is 296 g/mol. The SMILES string of the molecule is O=C(C(Cl)Cl)N1CCC(NC(=O)C(F)(F)F)CC1. The predicted molar refractivity (Wildman–Crippen MR) is 59.3 cm³/mol. The molecule has 0 radical (unpaired) electrons. The fraction of sp³-hybridized carbons (Fsp3) is 0.778. The van der Waals surface area contributed by atoms with Crippen molar-refractivity contribution in [2.45, 2.75) is 29.9 Å². The molecule has 18 heavy (non-hydrogen) atoms. The quantitative estimate of drug-likeness (QED) is 0.785. The third kappa shape index (κ3) is 4.20. The van der Waals surface area contributed by atoms with Gasteiger partial charge in [-0.25, -0.2) is 0 Å². The van der Waals surface area contributed by atoms with Crippen LogP contribution in [0.2, 0.25) is 0 Å². The maximum absolute atomic E-state index is 12.0. The van der Waals surface area contributed by atoms with Crippen LogP contribution in [0.15, 0.2) is 0 Å². The van der Waals surface area contributed by atoms with Crippen molar-refractivity contribution < 1.29 is 22.8 Å². The van der Waals surface area contributed by atoms with E-state index in [1.54, 1.807) is 0 Å². The van der Waals surface area contributed by atoms with Gasteiger partial charge in [0.2, 0.25) is 0 Å². The Morgan fingerprint density at radius 2 is 1.72 bits per heavy atom. The Labute approximate surface area is 111 Å². The zero-order valence-electron chi connectivity index (χ0n) is 9.14. The Morgan fingerprint density at radius 1 is 1.22 bits per heavy atom. The third-order valence-corrected chi connectivity index (χ3v) is 2.96. The van der Waals surface area contributed by atoms with Crippen molar-refractivity contribution in [3.05, 3.63) is 0 Å². The van der Waals surface area contributed by atoms with Crippen molar-refractivity contribution in [1.29, 1.82) is 0 Å². The number of piperidine rings is 1. The summed E-state index contributed by atoms with van der Waals surface area (Å²) in [6, 6.07) is -0.590. The van der Waals surface area contributed by atoms with Crippen molar-refractivity contribution >= 4 is 35.0 Å². The molecule has 1 rings (SSSR count). The minimum absolute atomic E-state index is 0.220. The number of hydrogen-bond donors (Lipinski definition) is 1. The second-order valence-corrected chi connectivity index (χ2v) is 4.97. The lowest BCUT2D eigenvalue weighted by Gasteiger charge is -2.32. The minimum Gasteiger partial charge on any atom is -0.345 e. The minimum atomic E-state index is -4.88. The van der Waals surface area contributed by atoms with Crippen LogP contribution in [0.25, 0.3) is 0 Å². The molecule has 1 N–H and O–H groups in total. The van der Waals surface area contributed by atoms with Gasteiger partial charge in [0.05, 0.1) is 0 Å². The maximum atomic E-state index is 12.0. The summed E-state index contributed by atoms with van der Waals surface area (Å²) in [6.45, 7) is 0.440. The Morgan fingerprint density at radius 3 is 2.11 bits per heavy atom. The summed E-state index contributed by atoms with van der Waals surface area (Å²) in [5, 5.41) is 1.88. The lowest BCUT2D eigenvalue weighted by molar-refractivity contribution is -0.174. The Hall–Kier alpha value is -0.690. The molecule has 4 nitrogen and oxygen atoms in total. The van der Waals surface area contributed by atoms with Gasteiger partial charge in [-0.15, -0.1) is 0 Å². The summed E-state index contributed by atoms with van der Waals surface area (Å²) in [5.74, 6) is -2.43. The summed E-state index contributed by atoms with van der Waals surface area (Å²) in [7, 11) is 0. The molecule has 0 unspecified atom stereocenters. The molecule has 1 heterocycles. The molecule has 0 atom stereocenters. The van der Waals surface area contributed by atoms with Gasteiger partial charge in [0.15, 0.2) is 4.84 Å². The van der Waals surface area contributed by atoms with Gasteiger partial charge in [-0.3, -0.25) is 9.59 Å². The normalized spacial score (nSPS) is 18.0. The molecule has 0 aromatic carbocycles. The number of rotatable bonds is 2. The number of nitrogens with zero attached hydrogens (tertiary/aromatic N) is 1. The van der Waals surface area contributed by atoms with Crippen LogP contribution >= 0.6 is 23.2 Å². The van der Waals surface area contributed by atoms with Gasteiger partial charge < -0.3 is 10.2 Å². The largest absolute Gasteiger partial charge is 0.471 e. The number of carbonyl (C=O) groups excluding carboxylic acids is 2. The molecule has 2 amide bonds. The first-order chi connectivity index (χ1) is 8.21. The highest BCUT2D eigenvalue weighted by atomic mass is 35.5. The summed E-state index contributed by atoms with van der Waals surface area (Å²) < 4.78 is 36.0. The zero-order chi connectivity index (χ0) is 13.9. The van der Waals surface area contributed by atoms with Crippen LogP contribution in [0.5, 0.6) is 0 Å². The molecule has 1 aliphatic rings. The molecule has 1 saturated heterocycles. The standard InChI is InChI=1S/C9H11Cl2F3N2O2/c10-6(11)7(17)16-3-1-5(2-4-16)15-8(18)9(12,13)14/h5-6H,1-4H2,(H,15,18). The van der Waals surface area contributed by atoms with Crippen LogP contribution in [0, 0.1) is 0 Å². The fourth-order valence-corrected chi connectivity index (χ4v) is 1.93. The van der Waals surface area contributed by atoms with Crippen LogP contribution in [-0.2, 0) is 9.59 Å². The second-order valence-electron chi connectivity index (χ2n) is 3.87. The first kappa shape index (κ1) is 15.4. The van der Waals surface area contributed by atoms with Gasteiger partial charge in [-0.1, -0.05) is 23.2 Å².